The van der Waals surface area contributed by atoms with Crippen LogP contribution >= 0.6 is 11.6 Å². The van der Waals surface area contributed by atoms with Gasteiger partial charge in [0.1, 0.15) is 5.75 Å². The highest BCUT2D eigenvalue weighted by atomic mass is 35.5. The number of benzene rings is 1. The predicted molar refractivity (Wildman–Crippen MR) is 82.3 cm³/mol. The zero-order valence-corrected chi connectivity index (χ0v) is 13.3. The van der Waals surface area contributed by atoms with Crippen LogP contribution in [0.2, 0.25) is 5.02 Å². The molecule has 5 heteroatoms. The molecule has 0 saturated carbocycles. The molecule has 0 aliphatic rings. The first kappa shape index (κ1) is 16.8. The van der Waals surface area contributed by atoms with E-state index in [9.17, 15) is 4.79 Å². The van der Waals surface area contributed by atoms with Crippen LogP contribution in [-0.2, 0) is 4.79 Å². The molecule has 2 unspecified atom stereocenters. The second-order valence-corrected chi connectivity index (χ2v) is 5.15. The summed E-state index contributed by atoms with van der Waals surface area (Å²) in [4.78, 5) is 11.4. The van der Waals surface area contributed by atoms with Crippen molar-refractivity contribution in [3.8, 4) is 5.75 Å². The van der Waals surface area contributed by atoms with Crippen molar-refractivity contribution in [1.29, 1.82) is 0 Å². The molecule has 0 aromatic heterocycles. The number of hydrogen-bond acceptors (Lipinski definition) is 3. The van der Waals surface area contributed by atoms with Crippen LogP contribution in [-0.4, -0.2) is 25.6 Å². The van der Waals surface area contributed by atoms with Crippen molar-refractivity contribution in [3.63, 3.8) is 0 Å². The molecule has 2 atom stereocenters. The highest BCUT2D eigenvalue weighted by molar-refractivity contribution is 6.32. The van der Waals surface area contributed by atoms with E-state index in [-0.39, 0.29) is 11.9 Å². The Hall–Kier alpha value is -1.26. The van der Waals surface area contributed by atoms with Crippen molar-refractivity contribution in [2.24, 2.45) is 0 Å². The maximum Gasteiger partial charge on any atom is 0.260 e. The Balaban J connectivity index is 2.75. The Morgan fingerprint density at radius 3 is 2.65 bits per heavy atom. The van der Waals surface area contributed by atoms with E-state index >= 15 is 0 Å². The maximum atomic E-state index is 11.4. The van der Waals surface area contributed by atoms with E-state index in [1.54, 1.807) is 20.0 Å². The molecule has 1 aromatic rings. The van der Waals surface area contributed by atoms with E-state index in [1.165, 1.54) is 0 Å². The second kappa shape index (κ2) is 8.12. The molecule has 1 amide bonds. The summed E-state index contributed by atoms with van der Waals surface area (Å²) in [5, 5.41) is 6.46. The SMILES string of the molecule is CCCNC(C)c1ccc(OC(C)C(=O)NC)c(Cl)c1. The Morgan fingerprint density at radius 2 is 2.10 bits per heavy atom. The number of carbonyl (C=O) groups is 1. The largest absolute Gasteiger partial charge is 0.479 e. The topological polar surface area (TPSA) is 50.4 Å². The van der Waals surface area contributed by atoms with Crippen LogP contribution in [0.5, 0.6) is 5.75 Å². The quantitative estimate of drug-likeness (QED) is 0.814. The molecule has 1 rings (SSSR count). The summed E-state index contributed by atoms with van der Waals surface area (Å²) in [6.45, 7) is 6.87. The molecule has 0 aliphatic heterocycles. The van der Waals surface area contributed by atoms with Gasteiger partial charge in [-0.3, -0.25) is 4.79 Å². The van der Waals surface area contributed by atoms with Gasteiger partial charge in [0.05, 0.1) is 5.02 Å². The minimum absolute atomic E-state index is 0.178. The summed E-state index contributed by atoms with van der Waals surface area (Å²) in [6.07, 6.45) is 0.516. The third kappa shape index (κ3) is 4.69. The van der Waals surface area contributed by atoms with E-state index in [2.05, 4.69) is 24.5 Å². The van der Waals surface area contributed by atoms with Gasteiger partial charge in [0, 0.05) is 13.1 Å². The zero-order valence-electron chi connectivity index (χ0n) is 12.5. The minimum Gasteiger partial charge on any atom is -0.479 e. The molecule has 0 spiro atoms. The molecule has 20 heavy (non-hydrogen) atoms. The molecule has 1 aromatic carbocycles. The van der Waals surface area contributed by atoms with Gasteiger partial charge in [0.25, 0.3) is 5.91 Å². The molecule has 2 N–H and O–H groups in total. The monoisotopic (exact) mass is 298 g/mol. The van der Waals surface area contributed by atoms with Gasteiger partial charge >= 0.3 is 0 Å². The highest BCUT2D eigenvalue weighted by Crippen LogP contribution is 2.28. The molecular formula is C15H23ClN2O2. The molecular weight excluding hydrogens is 276 g/mol. The minimum atomic E-state index is -0.570. The van der Waals surface area contributed by atoms with Gasteiger partial charge in [-0.1, -0.05) is 24.6 Å². The zero-order chi connectivity index (χ0) is 15.1. The van der Waals surface area contributed by atoms with Gasteiger partial charge in [-0.2, -0.15) is 0 Å². The Bertz CT molecular complexity index is 451. The third-order valence-electron chi connectivity index (χ3n) is 3.08. The van der Waals surface area contributed by atoms with E-state index < -0.39 is 6.10 Å². The standard InChI is InChI=1S/C15H23ClN2O2/c1-5-8-18-10(2)12-6-7-14(13(16)9-12)20-11(3)15(19)17-4/h6-7,9-11,18H,5,8H2,1-4H3,(H,17,19). The van der Waals surface area contributed by atoms with Crippen molar-refractivity contribution in [1.82, 2.24) is 10.6 Å². The average Bonchev–Trinajstić information content (AvgIpc) is 2.45. The van der Waals surface area contributed by atoms with Crippen molar-refractivity contribution in [2.45, 2.75) is 39.3 Å². The first-order valence-electron chi connectivity index (χ1n) is 6.90. The molecule has 0 fully saturated rings. The van der Waals surface area contributed by atoms with Crippen molar-refractivity contribution in [2.75, 3.05) is 13.6 Å². The van der Waals surface area contributed by atoms with Crippen molar-refractivity contribution >= 4 is 17.5 Å². The third-order valence-corrected chi connectivity index (χ3v) is 3.37. The van der Waals surface area contributed by atoms with Crippen LogP contribution in [0.1, 0.15) is 38.8 Å². The lowest BCUT2D eigenvalue weighted by Crippen LogP contribution is -2.33. The van der Waals surface area contributed by atoms with Crippen molar-refractivity contribution < 1.29 is 9.53 Å². The fourth-order valence-corrected chi connectivity index (χ4v) is 2.04. The maximum absolute atomic E-state index is 11.4. The number of nitrogens with one attached hydrogen (secondary N) is 2. The van der Waals surface area contributed by atoms with Gasteiger partial charge in [0.2, 0.25) is 0 Å². The van der Waals surface area contributed by atoms with Crippen molar-refractivity contribution in [3.05, 3.63) is 28.8 Å². The highest BCUT2D eigenvalue weighted by Gasteiger charge is 2.15. The predicted octanol–water partition coefficient (Wildman–Crippen LogP) is 2.91. The lowest BCUT2D eigenvalue weighted by Gasteiger charge is -2.17. The van der Waals surface area contributed by atoms with E-state index in [4.69, 9.17) is 16.3 Å². The summed E-state index contributed by atoms with van der Waals surface area (Å²) >= 11 is 6.21. The van der Waals surface area contributed by atoms with Crippen LogP contribution in [0.3, 0.4) is 0 Å². The summed E-state index contributed by atoms with van der Waals surface area (Å²) in [6, 6.07) is 5.88. The van der Waals surface area contributed by atoms with Gasteiger partial charge < -0.3 is 15.4 Å². The first-order valence-corrected chi connectivity index (χ1v) is 7.28. The lowest BCUT2D eigenvalue weighted by molar-refractivity contribution is -0.126. The number of rotatable bonds is 7. The second-order valence-electron chi connectivity index (χ2n) is 4.74. The fourth-order valence-electron chi connectivity index (χ4n) is 1.81. The first-order chi connectivity index (χ1) is 9.49. The van der Waals surface area contributed by atoms with Gasteiger partial charge in [-0.05, 0) is 44.5 Å². The molecule has 0 heterocycles. The van der Waals surface area contributed by atoms with Crippen LogP contribution in [0.4, 0.5) is 0 Å². The Kier molecular flexibility index (Phi) is 6.82. The summed E-state index contributed by atoms with van der Waals surface area (Å²) in [7, 11) is 1.58. The Morgan fingerprint density at radius 1 is 1.40 bits per heavy atom. The summed E-state index contributed by atoms with van der Waals surface area (Å²) in [5.41, 5.74) is 1.10. The van der Waals surface area contributed by atoms with Gasteiger partial charge in [-0.25, -0.2) is 0 Å². The van der Waals surface area contributed by atoms with E-state index in [0.29, 0.717) is 10.8 Å². The Labute approximate surface area is 125 Å². The van der Waals surface area contributed by atoms with Crippen LogP contribution in [0.15, 0.2) is 18.2 Å². The molecule has 0 radical (unpaired) electrons. The van der Waals surface area contributed by atoms with Crippen LogP contribution in [0, 0.1) is 0 Å². The molecule has 0 saturated heterocycles. The molecule has 0 bridgehead atoms. The van der Waals surface area contributed by atoms with Gasteiger partial charge in [0.15, 0.2) is 6.10 Å². The normalized spacial score (nSPS) is 13.7. The number of amides is 1. The van der Waals surface area contributed by atoms with E-state index in [1.807, 2.05) is 12.1 Å². The number of likely N-dealkylation sites (N-methyl/N-ethyl adjacent to an activating group) is 1. The lowest BCUT2D eigenvalue weighted by atomic mass is 10.1. The number of halogens is 1. The van der Waals surface area contributed by atoms with Crippen LogP contribution in [0.25, 0.3) is 0 Å². The smallest absolute Gasteiger partial charge is 0.260 e. The summed E-state index contributed by atoms with van der Waals surface area (Å²) in [5.74, 6) is 0.345. The van der Waals surface area contributed by atoms with E-state index in [0.717, 1.165) is 18.5 Å². The number of hydrogen-bond donors (Lipinski definition) is 2. The van der Waals surface area contributed by atoms with Gasteiger partial charge in [-0.15, -0.1) is 0 Å². The molecule has 112 valence electrons. The molecule has 4 nitrogen and oxygen atoms in total. The number of carbonyl (C=O) groups excluding carboxylic acids is 1. The van der Waals surface area contributed by atoms with Crippen LogP contribution < -0.4 is 15.4 Å². The number of ether oxygens (including phenoxy) is 1. The fraction of sp³-hybridized carbons (Fsp3) is 0.533. The summed E-state index contributed by atoms with van der Waals surface area (Å²) < 4.78 is 5.55. The molecule has 0 aliphatic carbocycles. The average molecular weight is 299 g/mol.